The number of nitrogens with zero attached hydrogens (tertiary/aromatic N) is 6. The van der Waals surface area contributed by atoms with Gasteiger partial charge in [-0.3, -0.25) is 14.6 Å². The zero-order chi connectivity index (χ0) is 41.3. The summed E-state index contributed by atoms with van der Waals surface area (Å²) in [4.78, 5) is 51.4. The Morgan fingerprint density at radius 2 is 1.12 bits per heavy atom. The Balaban J connectivity index is 1.10. The fourth-order valence-corrected chi connectivity index (χ4v) is 8.33. The molecule has 6 rings (SSSR count). The number of hydrogen-bond donors (Lipinski definition) is 4. The highest BCUT2D eigenvalue weighted by atomic mass is 35.5. The summed E-state index contributed by atoms with van der Waals surface area (Å²) in [5.41, 5.74) is 2.41. The first-order valence-electron chi connectivity index (χ1n) is 19.4. The van der Waals surface area contributed by atoms with Crippen LogP contribution in [0.2, 0.25) is 20.1 Å². The fourth-order valence-electron chi connectivity index (χ4n) is 6.66. The molecule has 0 aliphatic heterocycles. The Kier molecular flexibility index (Phi) is 15.3. The molecule has 1 aliphatic rings. The molecule has 0 atom stereocenters. The number of Topliss-reactive ketones (excluding diaryl/α,β-unsaturated/α-hetero) is 2. The lowest BCUT2D eigenvalue weighted by atomic mass is 9.98. The highest BCUT2D eigenvalue weighted by Gasteiger charge is 2.45. The number of hydrogen-bond acceptors (Lipinski definition) is 13. The predicted octanol–water partition coefficient (Wildman–Crippen LogP) is 10.3. The number of fused-ring (bicyclic) bond motifs is 2. The van der Waals surface area contributed by atoms with Crippen LogP contribution in [0, 0.1) is 0 Å². The zero-order valence-electron chi connectivity index (χ0n) is 32.8. The van der Waals surface area contributed by atoms with Crippen molar-refractivity contribution in [2.45, 2.75) is 51.3 Å². The molecule has 4 N–H and O–H groups in total. The van der Waals surface area contributed by atoms with Crippen molar-refractivity contribution in [2.24, 2.45) is 0 Å². The number of nitrogens with one attached hydrogen (secondary N) is 4. The summed E-state index contributed by atoms with van der Waals surface area (Å²) in [6.45, 7) is 16.3. The van der Waals surface area contributed by atoms with Crippen molar-refractivity contribution >= 4 is 110 Å². The minimum atomic E-state index is -1.21. The second-order valence-corrected chi connectivity index (χ2v) is 16.0. The first kappa shape index (κ1) is 43.6. The zero-order valence-corrected chi connectivity index (χ0v) is 36.6. The van der Waals surface area contributed by atoms with E-state index < -0.39 is 17.5 Å². The monoisotopic (exact) mass is 882 g/mol. The van der Waals surface area contributed by atoms with Crippen LogP contribution in [0.1, 0.15) is 72.9 Å². The Hall–Kier alpha value is -3.95. The van der Waals surface area contributed by atoms with E-state index in [0.717, 1.165) is 86.9 Å². The lowest BCUT2D eigenvalue weighted by Crippen LogP contribution is -2.26. The molecule has 0 radical (unpaired) electrons. The van der Waals surface area contributed by atoms with E-state index >= 15 is 0 Å². The molecule has 0 fully saturated rings. The Morgan fingerprint density at radius 1 is 0.621 bits per heavy atom. The molecular formula is C41H46Cl4N10O2S. The van der Waals surface area contributed by atoms with Gasteiger partial charge in [0.1, 0.15) is 5.92 Å². The van der Waals surface area contributed by atoms with Crippen LogP contribution >= 0.6 is 58.4 Å². The maximum atomic E-state index is 13.5. The third-order valence-electron chi connectivity index (χ3n) is 9.98. The van der Waals surface area contributed by atoms with Crippen LogP contribution in [0.15, 0.2) is 59.5 Å². The predicted molar refractivity (Wildman–Crippen MR) is 240 cm³/mol. The minimum absolute atomic E-state index is 0.0309. The lowest BCUT2D eigenvalue weighted by molar-refractivity contribution is 0.0888. The second-order valence-electron chi connectivity index (χ2n) is 13.6. The lowest BCUT2D eigenvalue weighted by Gasteiger charge is -2.18. The standard InChI is InChI=1S/C41H46Cl4N10O2S/c1-5-54(6-2)21-9-19-46-39-50-40(47-20-10-22-55(7-3)8-4)52-41(51-39)48-25-14-16-27(17-15-25)58-53-26-13-11-24-12-18-28(49-29(24)23-26)30-37(56)31-32(38(30)57)34(43)36(45)35(44)33(31)42/h11-18,23,30,53H,5-10,19-22H2,1-4H3,(H3,46,47,48,50,51,52). The van der Waals surface area contributed by atoms with Gasteiger partial charge in [0.2, 0.25) is 17.8 Å². The minimum Gasteiger partial charge on any atom is -0.354 e. The summed E-state index contributed by atoms with van der Waals surface area (Å²) in [6.07, 6.45) is 1.95. The molecule has 5 aromatic rings. The van der Waals surface area contributed by atoms with Gasteiger partial charge in [0.25, 0.3) is 0 Å². The normalized spacial score (nSPS) is 12.9. The van der Waals surface area contributed by atoms with Crippen LogP contribution in [0.3, 0.4) is 0 Å². The number of aromatic nitrogens is 4. The summed E-state index contributed by atoms with van der Waals surface area (Å²) in [6, 6.07) is 17.1. The third kappa shape index (κ3) is 10.2. The topological polar surface area (TPSA) is 140 Å². The largest absolute Gasteiger partial charge is 0.354 e. The number of carbonyl (C=O) groups excluding carboxylic acids is 2. The first-order valence-corrected chi connectivity index (χ1v) is 21.7. The summed E-state index contributed by atoms with van der Waals surface area (Å²) in [5.74, 6) is -0.771. The van der Waals surface area contributed by atoms with Gasteiger partial charge in [-0.05, 0) is 107 Å². The molecule has 2 aromatic heterocycles. The third-order valence-corrected chi connectivity index (χ3v) is 12.6. The first-order chi connectivity index (χ1) is 28.0. The molecule has 58 heavy (non-hydrogen) atoms. The van der Waals surface area contributed by atoms with Crippen molar-refractivity contribution in [3.05, 3.63) is 91.5 Å². The van der Waals surface area contributed by atoms with E-state index in [9.17, 15) is 9.59 Å². The van der Waals surface area contributed by atoms with Crippen LogP contribution < -0.4 is 20.7 Å². The van der Waals surface area contributed by atoms with Gasteiger partial charge in [-0.2, -0.15) is 15.0 Å². The number of anilines is 5. The molecule has 0 spiro atoms. The number of ketones is 2. The maximum Gasteiger partial charge on any atom is 0.233 e. The van der Waals surface area contributed by atoms with Crippen molar-refractivity contribution < 1.29 is 9.59 Å². The molecule has 1 aliphatic carbocycles. The van der Waals surface area contributed by atoms with Crippen LogP contribution in [-0.4, -0.2) is 93.7 Å². The summed E-state index contributed by atoms with van der Waals surface area (Å²) in [5, 5.41) is 10.6. The highest BCUT2D eigenvalue weighted by Crippen LogP contribution is 2.48. The van der Waals surface area contributed by atoms with Gasteiger partial charge in [0, 0.05) is 34.7 Å². The number of rotatable bonds is 20. The van der Waals surface area contributed by atoms with Gasteiger partial charge in [-0.15, -0.1) is 0 Å². The van der Waals surface area contributed by atoms with E-state index in [4.69, 9.17) is 51.4 Å². The molecule has 306 valence electrons. The molecule has 0 bridgehead atoms. The van der Waals surface area contributed by atoms with E-state index in [1.54, 1.807) is 6.07 Å². The SMILES string of the molecule is CCN(CC)CCCNc1nc(NCCCN(CC)CC)nc(Nc2ccc(SNc3ccc4ccc(C5C(=O)c6c(Cl)c(Cl)c(Cl)c(Cl)c6C5=O)nc4c3)cc2)n1. The van der Waals surface area contributed by atoms with E-state index in [1.165, 1.54) is 11.9 Å². The summed E-state index contributed by atoms with van der Waals surface area (Å²) in [7, 11) is 0. The van der Waals surface area contributed by atoms with Crippen LogP contribution in [-0.2, 0) is 0 Å². The van der Waals surface area contributed by atoms with Crippen molar-refractivity contribution in [1.82, 2.24) is 29.7 Å². The average Bonchev–Trinajstić information content (AvgIpc) is 3.50. The van der Waals surface area contributed by atoms with Crippen LogP contribution in [0.4, 0.5) is 29.2 Å². The average molecular weight is 885 g/mol. The molecule has 12 nitrogen and oxygen atoms in total. The van der Waals surface area contributed by atoms with Crippen molar-refractivity contribution in [2.75, 3.05) is 73.0 Å². The van der Waals surface area contributed by atoms with Crippen molar-refractivity contribution in [1.29, 1.82) is 0 Å². The number of halogens is 4. The quantitative estimate of drug-likeness (QED) is 0.0194. The number of benzene rings is 3. The smallest absolute Gasteiger partial charge is 0.233 e. The molecule has 17 heteroatoms. The highest BCUT2D eigenvalue weighted by molar-refractivity contribution is 8.00. The van der Waals surface area contributed by atoms with E-state index in [-0.39, 0.29) is 36.9 Å². The number of carbonyl (C=O) groups is 2. The number of pyridine rings is 1. The van der Waals surface area contributed by atoms with E-state index in [0.29, 0.717) is 23.4 Å². The molecule has 2 heterocycles. The molecule has 0 saturated carbocycles. The van der Waals surface area contributed by atoms with Crippen molar-refractivity contribution in [3.8, 4) is 0 Å². The summed E-state index contributed by atoms with van der Waals surface area (Å²) >= 11 is 26.5. The molecule has 0 unspecified atom stereocenters. The molecular weight excluding hydrogens is 838 g/mol. The Morgan fingerprint density at radius 3 is 1.66 bits per heavy atom. The second kappa shape index (κ2) is 20.3. The van der Waals surface area contributed by atoms with Gasteiger partial charge in [-0.25, -0.2) is 0 Å². The van der Waals surface area contributed by atoms with Crippen LogP contribution in [0.25, 0.3) is 10.9 Å². The van der Waals surface area contributed by atoms with Gasteiger partial charge < -0.3 is 30.5 Å². The van der Waals surface area contributed by atoms with Gasteiger partial charge >= 0.3 is 0 Å². The Labute approximate surface area is 363 Å². The van der Waals surface area contributed by atoms with Crippen LogP contribution in [0.5, 0.6) is 0 Å². The Bertz CT molecular complexity index is 2170. The van der Waals surface area contributed by atoms with Gasteiger partial charge in [0.05, 0.1) is 42.4 Å². The molecule has 0 amide bonds. The van der Waals surface area contributed by atoms with E-state index in [2.05, 4.69) is 73.1 Å². The maximum absolute atomic E-state index is 13.5. The van der Waals surface area contributed by atoms with Gasteiger partial charge in [0.15, 0.2) is 11.6 Å². The molecule has 3 aromatic carbocycles. The van der Waals surface area contributed by atoms with E-state index in [1.807, 2.05) is 48.5 Å². The van der Waals surface area contributed by atoms with Gasteiger partial charge in [-0.1, -0.05) is 86.2 Å². The fraction of sp³-hybridized carbons (Fsp3) is 0.366. The summed E-state index contributed by atoms with van der Waals surface area (Å²) < 4.78 is 3.37. The van der Waals surface area contributed by atoms with Crippen molar-refractivity contribution in [3.63, 3.8) is 0 Å². The molecule has 0 saturated heterocycles.